The Kier molecular flexibility index (Phi) is 11.3. The van der Waals surface area contributed by atoms with Crippen molar-refractivity contribution in [3.05, 3.63) is 0 Å². The van der Waals surface area contributed by atoms with Gasteiger partial charge in [0.25, 0.3) is 0 Å². The molecule has 2 nitrogen and oxygen atoms in total. The van der Waals surface area contributed by atoms with E-state index in [2.05, 4.69) is 26.1 Å². The van der Waals surface area contributed by atoms with Crippen molar-refractivity contribution in [2.75, 3.05) is 13.2 Å². The average Bonchev–Trinajstić information content (AvgIpc) is 2.30. The fraction of sp³-hybridized carbons (Fsp3) is 1.00. The molecule has 2 atom stereocenters. The molecule has 0 fully saturated rings. The van der Waals surface area contributed by atoms with Gasteiger partial charge in [0, 0.05) is 12.6 Å². The molecular formula is C14H31NO. The third-order valence-corrected chi connectivity index (χ3v) is 3.36. The number of aliphatic hydroxyl groups is 1. The summed E-state index contributed by atoms with van der Waals surface area (Å²) in [4.78, 5) is 0. The molecule has 16 heavy (non-hydrogen) atoms. The van der Waals surface area contributed by atoms with Crippen LogP contribution in [0.25, 0.3) is 0 Å². The van der Waals surface area contributed by atoms with E-state index in [0.29, 0.717) is 18.6 Å². The van der Waals surface area contributed by atoms with E-state index in [0.717, 1.165) is 19.4 Å². The second kappa shape index (κ2) is 11.4. The van der Waals surface area contributed by atoms with Crippen LogP contribution in [0.4, 0.5) is 0 Å². The van der Waals surface area contributed by atoms with Gasteiger partial charge in [-0.1, -0.05) is 46.0 Å². The predicted molar refractivity (Wildman–Crippen MR) is 71.7 cm³/mol. The summed E-state index contributed by atoms with van der Waals surface area (Å²) in [5.41, 5.74) is 0. The highest BCUT2D eigenvalue weighted by Gasteiger charge is 2.07. The van der Waals surface area contributed by atoms with Crippen LogP contribution in [0.15, 0.2) is 0 Å². The van der Waals surface area contributed by atoms with Gasteiger partial charge in [-0.2, -0.15) is 0 Å². The Morgan fingerprint density at radius 3 is 2.38 bits per heavy atom. The Morgan fingerprint density at radius 1 is 1.06 bits per heavy atom. The summed E-state index contributed by atoms with van der Waals surface area (Å²) in [6.45, 7) is 8.12. The van der Waals surface area contributed by atoms with Gasteiger partial charge in [0.2, 0.25) is 0 Å². The lowest BCUT2D eigenvalue weighted by atomic mass is 10.0. The molecule has 0 amide bonds. The Balaban J connectivity index is 3.43. The van der Waals surface area contributed by atoms with Crippen molar-refractivity contribution in [2.45, 2.75) is 71.8 Å². The topological polar surface area (TPSA) is 32.3 Å². The molecule has 0 aliphatic rings. The van der Waals surface area contributed by atoms with Gasteiger partial charge in [-0.15, -0.1) is 0 Å². The molecule has 2 unspecified atom stereocenters. The molecule has 98 valence electrons. The third kappa shape index (κ3) is 9.17. The molecule has 0 radical (unpaired) electrons. The van der Waals surface area contributed by atoms with Crippen LogP contribution in [-0.2, 0) is 0 Å². The van der Waals surface area contributed by atoms with Crippen LogP contribution in [-0.4, -0.2) is 24.3 Å². The van der Waals surface area contributed by atoms with Crippen LogP contribution in [0.5, 0.6) is 0 Å². The first-order chi connectivity index (χ1) is 7.74. The Morgan fingerprint density at radius 2 is 1.81 bits per heavy atom. The zero-order valence-electron chi connectivity index (χ0n) is 11.5. The number of hydrogen-bond acceptors (Lipinski definition) is 2. The molecule has 0 aromatic heterocycles. The number of unbranched alkanes of at least 4 members (excludes halogenated alkanes) is 3. The van der Waals surface area contributed by atoms with Crippen molar-refractivity contribution in [1.82, 2.24) is 5.32 Å². The largest absolute Gasteiger partial charge is 0.396 e. The van der Waals surface area contributed by atoms with E-state index < -0.39 is 0 Å². The quantitative estimate of drug-likeness (QED) is 0.533. The zero-order chi connectivity index (χ0) is 12.2. The number of hydrogen-bond donors (Lipinski definition) is 2. The lowest BCUT2D eigenvalue weighted by molar-refractivity contribution is 0.248. The van der Waals surface area contributed by atoms with Crippen molar-refractivity contribution in [3.63, 3.8) is 0 Å². The Hall–Kier alpha value is -0.0800. The summed E-state index contributed by atoms with van der Waals surface area (Å²) in [5, 5.41) is 12.5. The molecule has 0 aliphatic heterocycles. The molecule has 0 saturated heterocycles. The highest BCUT2D eigenvalue weighted by molar-refractivity contribution is 4.65. The summed E-state index contributed by atoms with van der Waals surface area (Å²) in [5.74, 6) is 0.642. The number of rotatable bonds is 11. The first-order valence-corrected chi connectivity index (χ1v) is 7.08. The second-order valence-corrected chi connectivity index (χ2v) is 4.95. The van der Waals surface area contributed by atoms with Crippen molar-refractivity contribution in [1.29, 1.82) is 0 Å². The molecule has 0 bridgehead atoms. The standard InChI is InChI=1S/C14H31NO/c1-4-6-7-8-9-13(3)15-12-14(5-2)10-11-16/h13-16H,4-12H2,1-3H3. The van der Waals surface area contributed by atoms with Crippen LogP contribution in [0.1, 0.15) is 65.7 Å². The van der Waals surface area contributed by atoms with Crippen LogP contribution < -0.4 is 5.32 Å². The average molecular weight is 229 g/mol. The maximum absolute atomic E-state index is 8.91. The first kappa shape index (κ1) is 15.9. The molecule has 0 heterocycles. The Bertz CT molecular complexity index is 139. The molecule has 0 spiro atoms. The maximum Gasteiger partial charge on any atom is 0.0434 e. The zero-order valence-corrected chi connectivity index (χ0v) is 11.5. The summed E-state index contributed by atoms with van der Waals surface area (Å²) in [6, 6.07) is 0.629. The maximum atomic E-state index is 8.91. The van der Waals surface area contributed by atoms with E-state index in [4.69, 9.17) is 5.11 Å². The van der Waals surface area contributed by atoms with E-state index in [9.17, 15) is 0 Å². The normalized spacial score (nSPS) is 15.0. The lowest BCUT2D eigenvalue weighted by Gasteiger charge is -2.19. The smallest absolute Gasteiger partial charge is 0.0434 e. The number of nitrogens with one attached hydrogen (secondary N) is 1. The van der Waals surface area contributed by atoms with Crippen molar-refractivity contribution < 1.29 is 5.11 Å². The predicted octanol–water partition coefficient (Wildman–Crippen LogP) is 3.34. The second-order valence-electron chi connectivity index (χ2n) is 4.95. The minimum atomic E-state index is 0.324. The van der Waals surface area contributed by atoms with Crippen LogP contribution in [0, 0.1) is 5.92 Å². The Labute approximate surface area is 102 Å². The van der Waals surface area contributed by atoms with Crippen LogP contribution in [0.2, 0.25) is 0 Å². The molecule has 0 saturated carbocycles. The molecule has 0 rings (SSSR count). The summed E-state index contributed by atoms with van der Waals surface area (Å²) in [7, 11) is 0. The molecular weight excluding hydrogens is 198 g/mol. The number of aliphatic hydroxyl groups excluding tert-OH is 1. The van der Waals surface area contributed by atoms with Crippen LogP contribution >= 0.6 is 0 Å². The summed E-state index contributed by atoms with van der Waals surface area (Å²) in [6.07, 6.45) is 8.79. The highest BCUT2D eigenvalue weighted by atomic mass is 16.3. The third-order valence-electron chi connectivity index (χ3n) is 3.36. The van der Waals surface area contributed by atoms with Gasteiger partial charge in [-0.3, -0.25) is 0 Å². The van der Waals surface area contributed by atoms with Gasteiger partial charge in [-0.05, 0) is 32.2 Å². The van der Waals surface area contributed by atoms with Gasteiger partial charge in [-0.25, -0.2) is 0 Å². The van der Waals surface area contributed by atoms with Crippen LogP contribution in [0.3, 0.4) is 0 Å². The van der Waals surface area contributed by atoms with Gasteiger partial charge < -0.3 is 10.4 Å². The minimum Gasteiger partial charge on any atom is -0.396 e. The van der Waals surface area contributed by atoms with Gasteiger partial charge in [0.15, 0.2) is 0 Å². The van der Waals surface area contributed by atoms with Crippen molar-refractivity contribution >= 4 is 0 Å². The van der Waals surface area contributed by atoms with Gasteiger partial charge >= 0.3 is 0 Å². The SMILES string of the molecule is CCCCCCC(C)NCC(CC)CCO. The fourth-order valence-corrected chi connectivity index (χ4v) is 1.98. The van der Waals surface area contributed by atoms with E-state index in [1.54, 1.807) is 0 Å². The summed E-state index contributed by atoms with van der Waals surface area (Å²) >= 11 is 0. The molecule has 0 aromatic rings. The molecule has 0 aromatic carbocycles. The minimum absolute atomic E-state index is 0.324. The highest BCUT2D eigenvalue weighted by Crippen LogP contribution is 2.08. The molecule has 0 aliphatic carbocycles. The van der Waals surface area contributed by atoms with E-state index in [1.807, 2.05) is 0 Å². The monoisotopic (exact) mass is 229 g/mol. The summed E-state index contributed by atoms with van der Waals surface area (Å²) < 4.78 is 0. The van der Waals surface area contributed by atoms with E-state index >= 15 is 0 Å². The molecule has 2 N–H and O–H groups in total. The van der Waals surface area contributed by atoms with Crippen molar-refractivity contribution in [3.8, 4) is 0 Å². The fourth-order valence-electron chi connectivity index (χ4n) is 1.98. The first-order valence-electron chi connectivity index (χ1n) is 7.08. The van der Waals surface area contributed by atoms with Crippen molar-refractivity contribution in [2.24, 2.45) is 5.92 Å². The van der Waals surface area contributed by atoms with E-state index in [-0.39, 0.29) is 0 Å². The molecule has 2 heteroatoms. The van der Waals surface area contributed by atoms with Gasteiger partial charge in [0.05, 0.1) is 0 Å². The lowest BCUT2D eigenvalue weighted by Crippen LogP contribution is -2.31. The van der Waals surface area contributed by atoms with E-state index in [1.165, 1.54) is 32.1 Å². The van der Waals surface area contributed by atoms with Gasteiger partial charge in [0.1, 0.15) is 0 Å².